The van der Waals surface area contributed by atoms with Crippen LogP contribution in [0.1, 0.15) is 36.8 Å². The monoisotopic (exact) mass is 464 g/mol. The minimum Gasteiger partial charge on any atom is -0.321 e. The first-order chi connectivity index (χ1) is 17.2. The quantitative estimate of drug-likeness (QED) is 0.457. The molecule has 35 heavy (non-hydrogen) atoms. The number of likely N-dealkylation sites (tertiary alicyclic amines) is 1. The van der Waals surface area contributed by atoms with Gasteiger partial charge in [-0.05, 0) is 60.9 Å². The van der Waals surface area contributed by atoms with Gasteiger partial charge in [-0.1, -0.05) is 60.7 Å². The first-order valence-electron chi connectivity index (χ1n) is 12.6. The summed E-state index contributed by atoms with van der Waals surface area (Å²) in [6.45, 7) is 3.60. The fraction of sp³-hybridized carbons (Fsp3) is 0.333. The molecule has 3 aromatic carbocycles. The van der Waals surface area contributed by atoms with Crippen molar-refractivity contribution in [2.75, 3.05) is 25.0 Å². The van der Waals surface area contributed by atoms with E-state index in [9.17, 15) is 10.1 Å². The van der Waals surface area contributed by atoms with Gasteiger partial charge in [0.05, 0.1) is 17.3 Å². The summed E-state index contributed by atoms with van der Waals surface area (Å²) in [4.78, 5) is 18.1. The minimum absolute atomic E-state index is 0.0143. The number of rotatable bonds is 7. The number of nitrogens with one attached hydrogen (secondary N) is 1. The van der Waals surface area contributed by atoms with Crippen LogP contribution in [0, 0.1) is 17.2 Å². The zero-order valence-corrected chi connectivity index (χ0v) is 20.1. The van der Waals surface area contributed by atoms with Gasteiger partial charge < -0.3 is 10.2 Å². The second-order valence-electron chi connectivity index (χ2n) is 9.76. The average Bonchev–Trinajstić information content (AvgIpc) is 3.73. The van der Waals surface area contributed by atoms with Gasteiger partial charge in [0.2, 0.25) is 0 Å². The van der Waals surface area contributed by atoms with Gasteiger partial charge in [0.25, 0.3) is 0 Å². The summed E-state index contributed by atoms with van der Waals surface area (Å²) in [7, 11) is 0. The maximum absolute atomic E-state index is 13.6. The second-order valence-corrected chi connectivity index (χ2v) is 9.76. The van der Waals surface area contributed by atoms with Crippen LogP contribution >= 0.6 is 0 Å². The first kappa shape index (κ1) is 23.1. The van der Waals surface area contributed by atoms with Crippen molar-refractivity contribution in [2.45, 2.75) is 38.3 Å². The first-order valence-corrected chi connectivity index (χ1v) is 12.6. The van der Waals surface area contributed by atoms with Crippen molar-refractivity contribution < 1.29 is 4.79 Å². The van der Waals surface area contributed by atoms with E-state index in [0.717, 1.165) is 55.8 Å². The van der Waals surface area contributed by atoms with Gasteiger partial charge in [0.15, 0.2) is 0 Å². The largest absolute Gasteiger partial charge is 0.322 e. The summed E-state index contributed by atoms with van der Waals surface area (Å²) in [5, 5.41) is 12.4. The van der Waals surface area contributed by atoms with Gasteiger partial charge in [-0.3, -0.25) is 4.90 Å². The predicted octanol–water partition coefficient (Wildman–Crippen LogP) is 6.13. The molecule has 2 amide bonds. The van der Waals surface area contributed by atoms with Crippen LogP contribution in [-0.4, -0.2) is 41.5 Å². The van der Waals surface area contributed by atoms with Crippen LogP contribution in [-0.2, 0) is 6.54 Å². The summed E-state index contributed by atoms with van der Waals surface area (Å²) in [6, 6.07) is 28.6. The Morgan fingerprint density at radius 1 is 0.943 bits per heavy atom. The van der Waals surface area contributed by atoms with Crippen LogP contribution < -0.4 is 5.32 Å². The van der Waals surface area contributed by atoms with Gasteiger partial charge in [0.1, 0.15) is 0 Å². The third-order valence-electron chi connectivity index (χ3n) is 7.13. The number of piperidine rings is 1. The zero-order chi connectivity index (χ0) is 24.0. The van der Waals surface area contributed by atoms with Crippen molar-refractivity contribution in [3.8, 4) is 17.2 Å². The summed E-state index contributed by atoms with van der Waals surface area (Å²) in [5.74, 6) is 0.636. The van der Waals surface area contributed by atoms with Gasteiger partial charge in [-0.15, -0.1) is 0 Å². The van der Waals surface area contributed by atoms with Gasteiger partial charge >= 0.3 is 6.03 Å². The molecule has 2 aliphatic rings. The van der Waals surface area contributed by atoms with E-state index < -0.39 is 0 Å². The molecular weight excluding hydrogens is 432 g/mol. The van der Waals surface area contributed by atoms with Crippen LogP contribution in [0.4, 0.5) is 10.5 Å². The summed E-state index contributed by atoms with van der Waals surface area (Å²) >= 11 is 0. The molecule has 2 fully saturated rings. The highest BCUT2D eigenvalue weighted by Crippen LogP contribution is 2.33. The number of amides is 2. The molecule has 1 aliphatic heterocycles. The number of para-hydroxylation sites is 1. The lowest BCUT2D eigenvalue weighted by Crippen LogP contribution is -2.49. The Morgan fingerprint density at radius 3 is 2.43 bits per heavy atom. The molecule has 1 saturated heterocycles. The van der Waals surface area contributed by atoms with E-state index in [4.69, 9.17) is 0 Å². The number of carbonyl (C=O) groups excluding carboxylic acids is 1. The molecule has 1 saturated carbocycles. The van der Waals surface area contributed by atoms with E-state index in [0.29, 0.717) is 11.5 Å². The molecule has 1 N–H and O–H groups in total. The predicted molar refractivity (Wildman–Crippen MR) is 140 cm³/mol. The standard InChI is InChI=1S/C30H32N4O/c31-20-24-7-6-8-25(19-24)21-33-17-15-27(16-18-33)34(22-23-13-14-23)30(35)32-29-12-5-4-11-28(29)26-9-2-1-3-10-26/h1-12,19,23,27H,13-18,21-22H2,(H,32,35). The van der Waals surface area contributed by atoms with Crippen LogP contribution in [0.5, 0.6) is 0 Å². The summed E-state index contributed by atoms with van der Waals surface area (Å²) < 4.78 is 0. The Bertz CT molecular complexity index is 1190. The molecule has 0 bridgehead atoms. The molecule has 5 nitrogen and oxygen atoms in total. The second kappa shape index (κ2) is 10.8. The molecule has 1 heterocycles. The lowest BCUT2D eigenvalue weighted by Gasteiger charge is -2.38. The molecule has 0 radical (unpaired) electrons. The summed E-state index contributed by atoms with van der Waals surface area (Å²) in [5.41, 5.74) is 4.89. The molecule has 178 valence electrons. The SMILES string of the molecule is N#Cc1cccc(CN2CCC(N(CC3CC3)C(=O)Nc3ccccc3-c3ccccc3)CC2)c1. The third-order valence-corrected chi connectivity index (χ3v) is 7.13. The number of nitriles is 1. The molecular formula is C30H32N4O. The molecule has 0 unspecified atom stereocenters. The van der Waals surface area contributed by atoms with Crippen LogP contribution in [0.25, 0.3) is 11.1 Å². The fourth-order valence-electron chi connectivity index (χ4n) is 5.01. The summed E-state index contributed by atoms with van der Waals surface area (Å²) in [6.07, 6.45) is 4.38. The molecule has 5 rings (SSSR count). The Balaban J connectivity index is 1.25. The third kappa shape index (κ3) is 5.90. The highest BCUT2D eigenvalue weighted by Gasteiger charge is 2.33. The van der Waals surface area contributed by atoms with E-state index in [1.165, 1.54) is 18.4 Å². The number of hydrogen-bond acceptors (Lipinski definition) is 3. The van der Waals surface area contributed by atoms with Crippen LogP contribution in [0.3, 0.4) is 0 Å². The van der Waals surface area contributed by atoms with Crippen molar-refractivity contribution in [3.63, 3.8) is 0 Å². The van der Waals surface area contributed by atoms with Crippen molar-refractivity contribution in [3.05, 3.63) is 90.0 Å². The van der Waals surface area contributed by atoms with E-state index in [1.807, 2.05) is 54.6 Å². The number of hydrogen-bond donors (Lipinski definition) is 1. The number of nitrogens with zero attached hydrogens (tertiary/aromatic N) is 3. The number of carbonyl (C=O) groups is 1. The Kier molecular flexibility index (Phi) is 7.11. The minimum atomic E-state index is 0.0143. The normalized spacial score (nSPS) is 16.4. The lowest BCUT2D eigenvalue weighted by atomic mass is 10.0. The maximum atomic E-state index is 13.6. The molecule has 0 spiro atoms. The van der Waals surface area contributed by atoms with Crippen LogP contribution in [0.2, 0.25) is 0 Å². The number of anilines is 1. The van der Waals surface area contributed by atoms with E-state index in [-0.39, 0.29) is 12.1 Å². The van der Waals surface area contributed by atoms with E-state index >= 15 is 0 Å². The zero-order valence-electron chi connectivity index (χ0n) is 20.1. The highest BCUT2D eigenvalue weighted by atomic mass is 16.2. The van der Waals surface area contributed by atoms with E-state index in [1.54, 1.807) is 0 Å². The van der Waals surface area contributed by atoms with Gasteiger partial charge in [0, 0.05) is 37.8 Å². The fourth-order valence-corrected chi connectivity index (χ4v) is 5.01. The van der Waals surface area contributed by atoms with Crippen LogP contribution in [0.15, 0.2) is 78.9 Å². The molecule has 3 aromatic rings. The Morgan fingerprint density at radius 2 is 1.69 bits per heavy atom. The van der Waals surface area contributed by atoms with E-state index in [2.05, 4.69) is 45.5 Å². The van der Waals surface area contributed by atoms with Gasteiger partial charge in [-0.25, -0.2) is 4.79 Å². The van der Waals surface area contributed by atoms with Crippen molar-refractivity contribution >= 4 is 11.7 Å². The topological polar surface area (TPSA) is 59.4 Å². The van der Waals surface area contributed by atoms with Crippen molar-refractivity contribution in [1.82, 2.24) is 9.80 Å². The Labute approximate surface area is 208 Å². The average molecular weight is 465 g/mol. The molecule has 5 heteroatoms. The number of benzene rings is 3. The van der Waals surface area contributed by atoms with Crippen molar-refractivity contribution in [1.29, 1.82) is 5.26 Å². The maximum Gasteiger partial charge on any atom is 0.322 e. The Hall–Kier alpha value is -3.62. The number of urea groups is 1. The smallest absolute Gasteiger partial charge is 0.321 e. The highest BCUT2D eigenvalue weighted by molar-refractivity contribution is 5.94. The van der Waals surface area contributed by atoms with Crippen molar-refractivity contribution in [2.24, 2.45) is 5.92 Å². The molecule has 0 atom stereocenters. The molecule has 1 aliphatic carbocycles. The molecule has 0 aromatic heterocycles. The van der Waals surface area contributed by atoms with Gasteiger partial charge in [-0.2, -0.15) is 5.26 Å². The lowest BCUT2D eigenvalue weighted by molar-refractivity contribution is 0.121.